The van der Waals surface area contributed by atoms with Crippen LogP contribution >= 0.6 is 11.6 Å². The summed E-state index contributed by atoms with van der Waals surface area (Å²) >= 11 is 6.23. The second-order valence-electron chi connectivity index (χ2n) is 10.0. The summed E-state index contributed by atoms with van der Waals surface area (Å²) in [7, 11) is 0. The van der Waals surface area contributed by atoms with Crippen molar-refractivity contribution in [1.29, 1.82) is 0 Å². The summed E-state index contributed by atoms with van der Waals surface area (Å²) in [4.78, 5) is 14.9. The van der Waals surface area contributed by atoms with Crippen molar-refractivity contribution in [1.82, 2.24) is 10.2 Å². The van der Waals surface area contributed by atoms with Gasteiger partial charge in [-0.1, -0.05) is 60.1 Å². The zero-order valence-electron chi connectivity index (χ0n) is 21.5. The summed E-state index contributed by atoms with van der Waals surface area (Å²) in [5, 5.41) is 4.21. The van der Waals surface area contributed by atoms with E-state index in [9.17, 15) is 31.1 Å². The lowest BCUT2D eigenvalue weighted by Crippen LogP contribution is -2.52. The highest BCUT2D eigenvalue weighted by Gasteiger charge is 2.39. The van der Waals surface area contributed by atoms with Crippen molar-refractivity contribution >= 4 is 17.5 Å². The Labute approximate surface area is 234 Å². The lowest BCUT2D eigenvalue weighted by molar-refractivity contribution is -0.143. The number of rotatable bonds is 8. The minimum Gasteiger partial charge on any atom is -0.335 e. The first kappa shape index (κ1) is 29.9. The van der Waals surface area contributed by atoms with Crippen molar-refractivity contribution in [2.24, 2.45) is 0 Å². The molecule has 0 spiro atoms. The molecule has 0 saturated carbocycles. The Morgan fingerprint density at radius 1 is 0.900 bits per heavy atom. The van der Waals surface area contributed by atoms with Crippen LogP contribution < -0.4 is 5.32 Å². The number of nitrogens with one attached hydrogen (secondary N) is 1. The first-order valence-electron chi connectivity index (χ1n) is 13.0. The van der Waals surface area contributed by atoms with Crippen LogP contribution in [0.3, 0.4) is 0 Å². The highest BCUT2D eigenvalue weighted by molar-refractivity contribution is 6.31. The molecule has 1 aliphatic heterocycles. The van der Waals surface area contributed by atoms with E-state index in [4.69, 9.17) is 11.6 Å². The Hall–Kier alpha value is -3.04. The molecule has 1 fully saturated rings. The smallest absolute Gasteiger partial charge is 0.335 e. The molecule has 1 heterocycles. The summed E-state index contributed by atoms with van der Waals surface area (Å²) in [5.41, 5.74) is -1.65. The molecule has 0 bridgehead atoms. The van der Waals surface area contributed by atoms with Gasteiger partial charge in [0.05, 0.1) is 11.1 Å². The molecule has 10 heteroatoms. The van der Waals surface area contributed by atoms with Gasteiger partial charge in [-0.3, -0.25) is 4.79 Å². The van der Waals surface area contributed by atoms with E-state index < -0.39 is 41.0 Å². The minimum atomic E-state index is -5.03. The van der Waals surface area contributed by atoms with E-state index in [1.54, 1.807) is 0 Å². The Balaban J connectivity index is 1.51. The SMILES string of the molecule is O=C(c1cc(C(F)(F)F)cc(C(F)(F)F)c1)N1CC[C@H](NCCCc2ccccc2Cl)C[C@H]1Cc1ccccc1. The first-order chi connectivity index (χ1) is 18.9. The molecule has 1 amide bonds. The number of likely N-dealkylation sites (tertiary alicyclic amines) is 1. The summed E-state index contributed by atoms with van der Waals surface area (Å²) in [6.07, 6.45) is -6.98. The number of alkyl halides is 6. The second kappa shape index (κ2) is 12.6. The molecule has 1 N–H and O–H groups in total. The van der Waals surface area contributed by atoms with Gasteiger partial charge >= 0.3 is 12.4 Å². The maximum Gasteiger partial charge on any atom is 0.416 e. The van der Waals surface area contributed by atoms with Gasteiger partial charge in [0, 0.05) is 29.2 Å². The van der Waals surface area contributed by atoms with Crippen molar-refractivity contribution in [3.05, 3.63) is 106 Å². The molecule has 3 nitrogen and oxygen atoms in total. The average Bonchev–Trinajstić information content (AvgIpc) is 2.91. The van der Waals surface area contributed by atoms with Gasteiger partial charge in [0.1, 0.15) is 0 Å². The number of hydrogen-bond acceptors (Lipinski definition) is 2. The lowest BCUT2D eigenvalue weighted by atomic mass is 9.91. The Bertz CT molecular complexity index is 1260. The average molecular weight is 583 g/mol. The van der Waals surface area contributed by atoms with Crippen LogP contribution in [0.4, 0.5) is 26.3 Å². The number of carbonyl (C=O) groups excluding carboxylic acids is 1. The third-order valence-corrected chi connectivity index (χ3v) is 7.51. The van der Waals surface area contributed by atoms with Gasteiger partial charge in [-0.2, -0.15) is 26.3 Å². The van der Waals surface area contributed by atoms with Gasteiger partial charge < -0.3 is 10.2 Å². The topological polar surface area (TPSA) is 32.3 Å². The van der Waals surface area contributed by atoms with Crippen LogP contribution in [0.5, 0.6) is 0 Å². The zero-order valence-corrected chi connectivity index (χ0v) is 22.3. The fourth-order valence-corrected chi connectivity index (χ4v) is 5.34. The third kappa shape index (κ3) is 7.79. The molecule has 3 aromatic carbocycles. The standard InChI is InChI=1S/C30H29ClF6N2O/c31-27-11-5-4-9-21(27)10-6-13-38-25-12-14-39(26(19-25)15-20-7-2-1-3-8-20)28(40)22-16-23(29(32,33)34)18-24(17-22)30(35,36)37/h1-5,7-9,11,16-18,25-26,38H,6,10,12-15,19H2/t25-,26+/m0/s1. The van der Waals surface area contributed by atoms with E-state index in [-0.39, 0.29) is 18.7 Å². The maximum absolute atomic E-state index is 13.5. The van der Waals surface area contributed by atoms with Crippen molar-refractivity contribution in [2.45, 2.75) is 56.5 Å². The van der Waals surface area contributed by atoms with Gasteiger partial charge in [-0.05, 0) is 74.0 Å². The molecule has 0 aromatic heterocycles. The van der Waals surface area contributed by atoms with Crippen LogP contribution in [0.1, 0.15) is 51.9 Å². The molecule has 1 saturated heterocycles. The summed E-state index contributed by atoms with van der Waals surface area (Å²) in [6.45, 7) is 0.903. The predicted molar refractivity (Wildman–Crippen MR) is 142 cm³/mol. The molecule has 214 valence electrons. The molecule has 0 radical (unpaired) electrons. The molecular weight excluding hydrogens is 554 g/mol. The third-order valence-electron chi connectivity index (χ3n) is 7.14. The molecule has 1 aliphatic rings. The largest absolute Gasteiger partial charge is 0.416 e. The normalized spacial score (nSPS) is 18.1. The van der Waals surface area contributed by atoms with E-state index in [1.807, 2.05) is 54.6 Å². The molecule has 4 rings (SSSR count). The zero-order chi connectivity index (χ0) is 28.9. The number of nitrogens with zero attached hydrogens (tertiary/aromatic N) is 1. The van der Waals surface area contributed by atoms with Crippen LogP contribution in [0, 0.1) is 0 Å². The number of hydrogen-bond donors (Lipinski definition) is 1. The molecule has 40 heavy (non-hydrogen) atoms. The van der Waals surface area contributed by atoms with Gasteiger partial charge in [0.25, 0.3) is 5.91 Å². The molecule has 0 unspecified atom stereocenters. The van der Waals surface area contributed by atoms with Crippen molar-refractivity contribution in [3.63, 3.8) is 0 Å². The summed E-state index contributed by atoms with van der Waals surface area (Å²) < 4.78 is 80.6. The monoisotopic (exact) mass is 582 g/mol. The predicted octanol–water partition coefficient (Wildman–Crippen LogP) is 7.82. The van der Waals surface area contributed by atoms with Crippen LogP contribution in [0.15, 0.2) is 72.8 Å². The summed E-state index contributed by atoms with van der Waals surface area (Å²) in [6, 6.07) is 17.6. The van der Waals surface area contributed by atoms with Crippen LogP contribution in [-0.4, -0.2) is 36.0 Å². The van der Waals surface area contributed by atoms with Gasteiger partial charge in [0.2, 0.25) is 0 Å². The second-order valence-corrected chi connectivity index (χ2v) is 10.4. The van der Waals surface area contributed by atoms with Gasteiger partial charge in [0.15, 0.2) is 0 Å². The Morgan fingerprint density at radius 3 is 2.15 bits per heavy atom. The van der Waals surface area contributed by atoms with Crippen LogP contribution in [0.2, 0.25) is 5.02 Å². The molecule has 2 atom stereocenters. The highest BCUT2D eigenvalue weighted by Crippen LogP contribution is 2.37. The van der Waals surface area contributed by atoms with Crippen molar-refractivity contribution < 1.29 is 31.1 Å². The van der Waals surface area contributed by atoms with E-state index in [2.05, 4.69) is 5.32 Å². The quantitative estimate of drug-likeness (QED) is 0.217. The van der Waals surface area contributed by atoms with Crippen molar-refractivity contribution in [2.75, 3.05) is 13.1 Å². The van der Waals surface area contributed by atoms with E-state index >= 15 is 0 Å². The van der Waals surface area contributed by atoms with Gasteiger partial charge in [-0.25, -0.2) is 0 Å². The van der Waals surface area contributed by atoms with Crippen molar-refractivity contribution in [3.8, 4) is 0 Å². The van der Waals surface area contributed by atoms with E-state index in [0.717, 1.165) is 24.0 Å². The number of benzene rings is 3. The summed E-state index contributed by atoms with van der Waals surface area (Å²) in [5.74, 6) is -0.838. The lowest BCUT2D eigenvalue weighted by Gasteiger charge is -2.40. The Kier molecular flexibility index (Phi) is 9.46. The minimum absolute atomic E-state index is 0.0382. The number of carbonyl (C=O) groups is 1. The van der Waals surface area contributed by atoms with Gasteiger partial charge in [-0.15, -0.1) is 0 Å². The molecule has 0 aliphatic carbocycles. The van der Waals surface area contributed by atoms with Crippen LogP contribution in [-0.2, 0) is 25.2 Å². The number of halogens is 7. The molecular formula is C30H29ClF6N2O. The number of piperidine rings is 1. The molecule has 3 aromatic rings. The van der Waals surface area contributed by atoms with E-state index in [0.29, 0.717) is 43.0 Å². The number of aryl methyl sites for hydroxylation is 1. The maximum atomic E-state index is 13.5. The first-order valence-corrected chi connectivity index (χ1v) is 13.4. The van der Waals surface area contributed by atoms with Crippen LogP contribution in [0.25, 0.3) is 0 Å². The number of amides is 1. The van der Waals surface area contributed by atoms with E-state index in [1.165, 1.54) is 4.90 Å². The highest BCUT2D eigenvalue weighted by atomic mass is 35.5. The fourth-order valence-electron chi connectivity index (χ4n) is 5.11. The Morgan fingerprint density at radius 2 is 1.52 bits per heavy atom. The fraction of sp³-hybridized carbons (Fsp3) is 0.367.